The Kier molecular flexibility index (Phi) is 2.58. The van der Waals surface area contributed by atoms with Crippen LogP contribution in [0.3, 0.4) is 0 Å². The lowest BCUT2D eigenvalue weighted by atomic mass is 9.95. The van der Waals surface area contributed by atoms with Gasteiger partial charge < -0.3 is 0 Å². The Morgan fingerprint density at radius 2 is 2.27 bits per heavy atom. The van der Waals surface area contributed by atoms with Crippen molar-refractivity contribution in [2.45, 2.75) is 26.7 Å². The number of fused-ring (bicyclic) bond motifs is 1. The van der Waals surface area contributed by atoms with Gasteiger partial charge in [0.1, 0.15) is 12.1 Å². The number of carbonyl (C=O) groups excluding carboxylic acids is 1. The van der Waals surface area contributed by atoms with Gasteiger partial charge in [0.05, 0.1) is 5.71 Å². The largest absolute Gasteiger partial charge is 0.298 e. The summed E-state index contributed by atoms with van der Waals surface area (Å²) in [6, 6.07) is 0. The summed E-state index contributed by atoms with van der Waals surface area (Å²) in [6.07, 6.45) is 4.31. The van der Waals surface area contributed by atoms with Crippen LogP contribution in [0.4, 0.5) is 0 Å². The first-order chi connectivity index (χ1) is 7.26. The quantitative estimate of drug-likeness (QED) is 0.645. The lowest BCUT2D eigenvalue weighted by Gasteiger charge is -2.13. The van der Waals surface area contributed by atoms with Gasteiger partial charge in [0, 0.05) is 24.1 Å². The molecule has 2 rings (SSSR count). The van der Waals surface area contributed by atoms with Crippen LogP contribution in [0, 0.1) is 5.92 Å². The maximum atomic E-state index is 10.7. The topological polar surface area (TPSA) is 54.1 Å². The summed E-state index contributed by atoms with van der Waals surface area (Å²) in [7, 11) is 0. The fourth-order valence-electron chi connectivity index (χ4n) is 1.65. The highest BCUT2D eigenvalue weighted by Crippen LogP contribution is 2.21. The highest BCUT2D eigenvalue weighted by molar-refractivity contribution is 6.49. The second-order valence-corrected chi connectivity index (χ2v) is 3.70. The van der Waals surface area contributed by atoms with E-state index in [1.165, 1.54) is 0 Å². The van der Waals surface area contributed by atoms with Gasteiger partial charge in [0.15, 0.2) is 5.84 Å². The van der Waals surface area contributed by atoms with E-state index in [1.54, 1.807) is 6.20 Å². The van der Waals surface area contributed by atoms with Gasteiger partial charge in [-0.2, -0.15) is 0 Å². The molecule has 0 bridgehead atoms. The molecule has 0 aromatic rings. The number of nitrogens with zero attached hydrogens (tertiary/aromatic N) is 3. The van der Waals surface area contributed by atoms with Crippen LogP contribution in [-0.2, 0) is 4.79 Å². The molecule has 0 saturated heterocycles. The zero-order chi connectivity index (χ0) is 10.8. The molecule has 0 spiro atoms. The van der Waals surface area contributed by atoms with Crippen LogP contribution in [0.2, 0.25) is 0 Å². The van der Waals surface area contributed by atoms with E-state index >= 15 is 0 Å². The summed E-state index contributed by atoms with van der Waals surface area (Å²) in [5.41, 5.74) is 1.51. The molecule has 2 heterocycles. The lowest BCUT2D eigenvalue weighted by molar-refractivity contribution is -0.105. The average Bonchev–Trinajstić information content (AvgIpc) is 2.63. The average molecular weight is 203 g/mol. The van der Waals surface area contributed by atoms with Crippen LogP contribution >= 0.6 is 0 Å². The van der Waals surface area contributed by atoms with Gasteiger partial charge in [-0.05, 0) is 6.42 Å². The minimum Gasteiger partial charge on any atom is -0.298 e. The van der Waals surface area contributed by atoms with Crippen molar-refractivity contribution in [1.29, 1.82) is 0 Å². The Morgan fingerprint density at radius 3 is 2.93 bits per heavy atom. The van der Waals surface area contributed by atoms with E-state index < -0.39 is 0 Å². The molecule has 0 N–H and O–H groups in total. The van der Waals surface area contributed by atoms with Crippen LogP contribution in [0.25, 0.3) is 0 Å². The van der Waals surface area contributed by atoms with Crippen molar-refractivity contribution in [2.24, 2.45) is 20.9 Å². The zero-order valence-corrected chi connectivity index (χ0v) is 8.90. The number of aldehydes is 1. The van der Waals surface area contributed by atoms with Crippen molar-refractivity contribution >= 4 is 23.7 Å². The van der Waals surface area contributed by atoms with E-state index in [9.17, 15) is 4.79 Å². The summed E-state index contributed by atoms with van der Waals surface area (Å²) in [6.45, 7) is 4.04. The Labute approximate surface area is 88.5 Å². The Balaban J connectivity index is 2.29. The molecule has 0 radical (unpaired) electrons. The minimum atomic E-state index is 0.0214. The summed E-state index contributed by atoms with van der Waals surface area (Å²) in [4.78, 5) is 23.6. The molecule has 1 atom stereocenters. The van der Waals surface area contributed by atoms with Crippen LogP contribution in [-0.4, -0.2) is 23.7 Å². The maximum absolute atomic E-state index is 10.7. The number of hydrogen-bond donors (Lipinski definition) is 0. The van der Waals surface area contributed by atoms with E-state index in [4.69, 9.17) is 0 Å². The second-order valence-electron chi connectivity index (χ2n) is 3.70. The lowest BCUT2D eigenvalue weighted by Crippen LogP contribution is -2.23. The van der Waals surface area contributed by atoms with Crippen molar-refractivity contribution in [1.82, 2.24) is 0 Å². The van der Waals surface area contributed by atoms with E-state index in [-0.39, 0.29) is 5.92 Å². The molecular weight excluding hydrogens is 190 g/mol. The van der Waals surface area contributed by atoms with E-state index in [1.807, 2.05) is 6.92 Å². The minimum absolute atomic E-state index is 0.0214. The predicted molar refractivity (Wildman–Crippen MR) is 60.5 cm³/mol. The first-order valence-corrected chi connectivity index (χ1v) is 5.15. The summed E-state index contributed by atoms with van der Waals surface area (Å²) in [5, 5.41) is 0. The van der Waals surface area contributed by atoms with E-state index in [0.29, 0.717) is 11.4 Å². The molecule has 0 fully saturated rings. The van der Waals surface area contributed by atoms with Gasteiger partial charge in [0.25, 0.3) is 0 Å². The fraction of sp³-hybridized carbons (Fsp3) is 0.455. The number of amidine groups is 2. The number of aliphatic imine (C=N–C) groups is 3. The molecule has 0 saturated carbocycles. The molecule has 2 aliphatic rings. The monoisotopic (exact) mass is 203 g/mol. The standard InChI is InChI=1S/C11H13N3O/c1-3-4-9-13-10-7(2)8(6-15)5-12-11(10)14-9/h5-7H,3-4H2,1-2H3. The van der Waals surface area contributed by atoms with Gasteiger partial charge in [-0.1, -0.05) is 13.8 Å². The van der Waals surface area contributed by atoms with Gasteiger partial charge >= 0.3 is 0 Å². The highest BCUT2D eigenvalue weighted by atomic mass is 16.1. The van der Waals surface area contributed by atoms with Gasteiger partial charge in [-0.25, -0.2) is 15.0 Å². The number of allylic oxidation sites excluding steroid dienone is 1. The second kappa shape index (κ2) is 3.88. The molecule has 0 amide bonds. The number of hydrogen-bond acceptors (Lipinski definition) is 4. The predicted octanol–water partition coefficient (Wildman–Crippen LogP) is 1.77. The van der Waals surface area contributed by atoms with Crippen LogP contribution < -0.4 is 0 Å². The fourth-order valence-corrected chi connectivity index (χ4v) is 1.65. The smallest absolute Gasteiger partial charge is 0.176 e. The van der Waals surface area contributed by atoms with E-state index in [0.717, 1.165) is 30.7 Å². The highest BCUT2D eigenvalue weighted by Gasteiger charge is 2.27. The third-order valence-electron chi connectivity index (χ3n) is 2.57. The molecule has 0 aromatic carbocycles. The van der Waals surface area contributed by atoms with E-state index in [2.05, 4.69) is 21.9 Å². The van der Waals surface area contributed by atoms with Crippen LogP contribution in [0.5, 0.6) is 0 Å². The van der Waals surface area contributed by atoms with Crippen molar-refractivity contribution in [3.8, 4) is 0 Å². The summed E-state index contributed by atoms with van der Waals surface area (Å²) < 4.78 is 0. The molecule has 2 aliphatic heterocycles. The Morgan fingerprint density at radius 1 is 1.47 bits per heavy atom. The molecule has 1 unspecified atom stereocenters. The van der Waals surface area contributed by atoms with Crippen molar-refractivity contribution in [3.05, 3.63) is 11.8 Å². The van der Waals surface area contributed by atoms with Crippen LogP contribution in [0.1, 0.15) is 26.7 Å². The molecule has 4 heteroatoms. The third-order valence-corrected chi connectivity index (χ3v) is 2.57. The molecular formula is C11H13N3O. The normalized spacial score (nSPS) is 23.7. The Hall–Kier alpha value is -1.58. The van der Waals surface area contributed by atoms with Crippen LogP contribution in [0.15, 0.2) is 26.8 Å². The number of carbonyl (C=O) groups is 1. The molecule has 0 aromatic heterocycles. The SMILES string of the molecule is CCCC1=NC2=NC=C(C=O)C(C)C2=N1. The zero-order valence-electron chi connectivity index (χ0n) is 8.90. The number of rotatable bonds is 3. The molecule has 15 heavy (non-hydrogen) atoms. The first kappa shape index (κ1) is 9.96. The summed E-state index contributed by atoms with van der Waals surface area (Å²) >= 11 is 0. The molecule has 4 nitrogen and oxygen atoms in total. The van der Waals surface area contributed by atoms with Crippen molar-refractivity contribution in [3.63, 3.8) is 0 Å². The van der Waals surface area contributed by atoms with Gasteiger partial charge in [-0.15, -0.1) is 0 Å². The summed E-state index contributed by atoms with van der Waals surface area (Å²) in [5.74, 6) is 1.53. The van der Waals surface area contributed by atoms with Crippen molar-refractivity contribution in [2.75, 3.05) is 0 Å². The third kappa shape index (κ3) is 1.67. The molecule has 0 aliphatic carbocycles. The maximum Gasteiger partial charge on any atom is 0.176 e. The molecule has 78 valence electrons. The van der Waals surface area contributed by atoms with Gasteiger partial charge in [-0.3, -0.25) is 4.79 Å². The first-order valence-electron chi connectivity index (χ1n) is 5.15. The van der Waals surface area contributed by atoms with Gasteiger partial charge in [0.2, 0.25) is 0 Å². The Bertz CT molecular complexity index is 416. The van der Waals surface area contributed by atoms with Crippen molar-refractivity contribution < 1.29 is 4.79 Å².